The van der Waals surface area contributed by atoms with E-state index in [9.17, 15) is 29.4 Å². The molecule has 8 nitrogen and oxygen atoms in total. The molecule has 0 radical (unpaired) electrons. The number of carboxylic acids is 2. The topological polar surface area (TPSA) is 133 Å². The first-order valence-corrected chi connectivity index (χ1v) is 9.65. The molecule has 8 heteroatoms. The molecule has 0 saturated heterocycles. The molecule has 0 heterocycles. The standard InChI is InChI=1S/C22H22N2O6/c25-19(13-7-1-3-9-15(13)21(27)28)23-17-11-5-6-12-18(17)24-20(26)14-8-2-4-10-16(14)22(29)30/h1-4,7-10,17-18H,5-6,11-12H2,(H,23,25)(H,24,26)(H,27,28)(H,29,30)/t17-,18-/m1/s1. The first kappa shape index (κ1) is 21.0. The highest BCUT2D eigenvalue weighted by atomic mass is 16.4. The molecule has 1 aliphatic rings. The fraction of sp³-hybridized carbons (Fsp3) is 0.273. The van der Waals surface area contributed by atoms with Crippen molar-refractivity contribution in [3.8, 4) is 0 Å². The normalized spacial score (nSPS) is 18.3. The molecule has 3 rings (SSSR count). The fourth-order valence-corrected chi connectivity index (χ4v) is 3.70. The van der Waals surface area contributed by atoms with Crippen LogP contribution in [-0.4, -0.2) is 46.0 Å². The first-order chi connectivity index (χ1) is 14.4. The van der Waals surface area contributed by atoms with Crippen LogP contribution < -0.4 is 10.6 Å². The van der Waals surface area contributed by atoms with Gasteiger partial charge < -0.3 is 20.8 Å². The lowest BCUT2D eigenvalue weighted by Crippen LogP contribution is -2.53. The monoisotopic (exact) mass is 410 g/mol. The van der Waals surface area contributed by atoms with E-state index < -0.39 is 35.8 Å². The Bertz CT molecular complexity index is 908. The molecule has 4 N–H and O–H groups in total. The highest BCUT2D eigenvalue weighted by Crippen LogP contribution is 2.21. The molecule has 2 atom stereocenters. The molecule has 0 aromatic heterocycles. The van der Waals surface area contributed by atoms with Crippen LogP contribution in [0, 0.1) is 0 Å². The molecule has 2 aromatic carbocycles. The second-order valence-electron chi connectivity index (χ2n) is 7.15. The molecule has 156 valence electrons. The predicted octanol–water partition coefficient (Wildman–Crippen LogP) is 2.55. The third kappa shape index (κ3) is 4.65. The summed E-state index contributed by atoms with van der Waals surface area (Å²) in [5, 5.41) is 24.3. The van der Waals surface area contributed by atoms with E-state index in [1.54, 1.807) is 24.3 Å². The van der Waals surface area contributed by atoms with Gasteiger partial charge >= 0.3 is 11.9 Å². The molecule has 1 saturated carbocycles. The molecule has 30 heavy (non-hydrogen) atoms. The number of rotatable bonds is 6. The second-order valence-corrected chi connectivity index (χ2v) is 7.15. The second kappa shape index (κ2) is 9.21. The van der Waals surface area contributed by atoms with E-state index in [-0.39, 0.29) is 22.3 Å². The van der Waals surface area contributed by atoms with Gasteiger partial charge in [-0.25, -0.2) is 9.59 Å². The van der Waals surface area contributed by atoms with E-state index in [4.69, 9.17) is 0 Å². The summed E-state index contributed by atoms with van der Waals surface area (Å²) in [7, 11) is 0. The Morgan fingerprint density at radius 1 is 0.633 bits per heavy atom. The van der Waals surface area contributed by atoms with Crippen molar-refractivity contribution in [3.05, 3.63) is 70.8 Å². The van der Waals surface area contributed by atoms with Crippen LogP contribution in [0.4, 0.5) is 0 Å². The molecular formula is C22H22N2O6. The van der Waals surface area contributed by atoms with Gasteiger partial charge in [-0.05, 0) is 37.1 Å². The van der Waals surface area contributed by atoms with E-state index in [1.807, 2.05) is 0 Å². The van der Waals surface area contributed by atoms with Gasteiger partial charge in [0.15, 0.2) is 0 Å². The summed E-state index contributed by atoms with van der Waals surface area (Å²) in [5.74, 6) is -3.44. The minimum absolute atomic E-state index is 0.0527. The zero-order valence-electron chi connectivity index (χ0n) is 16.1. The minimum Gasteiger partial charge on any atom is -0.478 e. The molecule has 0 aliphatic heterocycles. The van der Waals surface area contributed by atoms with Gasteiger partial charge in [-0.2, -0.15) is 0 Å². The van der Waals surface area contributed by atoms with Gasteiger partial charge in [-0.15, -0.1) is 0 Å². The number of nitrogens with one attached hydrogen (secondary N) is 2. The Labute approximate surface area is 172 Å². The van der Waals surface area contributed by atoms with Crippen LogP contribution in [0.5, 0.6) is 0 Å². The van der Waals surface area contributed by atoms with Crippen molar-refractivity contribution >= 4 is 23.8 Å². The molecule has 1 aliphatic carbocycles. The van der Waals surface area contributed by atoms with Crippen LogP contribution in [-0.2, 0) is 0 Å². The summed E-state index contributed by atoms with van der Waals surface area (Å²) in [6.07, 6.45) is 2.94. The largest absolute Gasteiger partial charge is 0.478 e. The van der Waals surface area contributed by atoms with E-state index in [0.29, 0.717) is 12.8 Å². The lowest BCUT2D eigenvalue weighted by molar-refractivity contribution is 0.0680. The van der Waals surface area contributed by atoms with E-state index in [1.165, 1.54) is 24.3 Å². The van der Waals surface area contributed by atoms with E-state index in [0.717, 1.165) is 12.8 Å². The van der Waals surface area contributed by atoms with Crippen LogP contribution in [0.25, 0.3) is 0 Å². The average molecular weight is 410 g/mol. The van der Waals surface area contributed by atoms with E-state index >= 15 is 0 Å². The smallest absolute Gasteiger partial charge is 0.336 e. The van der Waals surface area contributed by atoms with Gasteiger partial charge in [0.05, 0.1) is 22.3 Å². The number of hydrogen-bond acceptors (Lipinski definition) is 4. The van der Waals surface area contributed by atoms with Crippen molar-refractivity contribution in [1.82, 2.24) is 10.6 Å². The van der Waals surface area contributed by atoms with Crippen LogP contribution >= 0.6 is 0 Å². The fourth-order valence-electron chi connectivity index (χ4n) is 3.70. The quantitative estimate of drug-likeness (QED) is 0.578. The van der Waals surface area contributed by atoms with Crippen molar-refractivity contribution in [3.63, 3.8) is 0 Å². The Balaban J connectivity index is 1.76. The van der Waals surface area contributed by atoms with Crippen molar-refractivity contribution in [2.24, 2.45) is 0 Å². The summed E-state index contributed by atoms with van der Waals surface area (Å²) in [6.45, 7) is 0. The maximum Gasteiger partial charge on any atom is 0.336 e. The number of aromatic carboxylic acids is 2. The minimum atomic E-state index is -1.19. The average Bonchev–Trinajstić information content (AvgIpc) is 2.75. The number of carbonyl (C=O) groups excluding carboxylic acids is 2. The summed E-state index contributed by atoms with van der Waals surface area (Å²) < 4.78 is 0. The van der Waals surface area contributed by atoms with Crippen LogP contribution in [0.2, 0.25) is 0 Å². The first-order valence-electron chi connectivity index (χ1n) is 9.65. The molecule has 1 fully saturated rings. The lowest BCUT2D eigenvalue weighted by atomic mass is 9.89. The van der Waals surface area contributed by atoms with Gasteiger partial charge in [-0.3, -0.25) is 9.59 Å². The molecule has 2 aromatic rings. The summed E-state index contributed by atoms with van der Waals surface area (Å²) in [6, 6.07) is 11.1. The zero-order chi connectivity index (χ0) is 21.7. The van der Waals surface area contributed by atoms with Gasteiger partial charge in [-0.1, -0.05) is 37.1 Å². The highest BCUT2D eigenvalue weighted by Gasteiger charge is 2.30. The van der Waals surface area contributed by atoms with Crippen molar-refractivity contribution in [2.75, 3.05) is 0 Å². The highest BCUT2D eigenvalue weighted by molar-refractivity contribution is 6.06. The van der Waals surface area contributed by atoms with Crippen molar-refractivity contribution in [1.29, 1.82) is 0 Å². The molecule has 0 spiro atoms. The maximum atomic E-state index is 12.7. The van der Waals surface area contributed by atoms with Crippen molar-refractivity contribution in [2.45, 2.75) is 37.8 Å². The third-order valence-electron chi connectivity index (χ3n) is 5.20. The van der Waals surface area contributed by atoms with Crippen LogP contribution in [0.15, 0.2) is 48.5 Å². The van der Waals surface area contributed by atoms with Gasteiger partial charge in [0.2, 0.25) is 0 Å². The van der Waals surface area contributed by atoms with Crippen molar-refractivity contribution < 1.29 is 29.4 Å². The SMILES string of the molecule is O=C(O)c1ccccc1C(=O)N[C@@H]1CCCC[C@H]1NC(=O)c1ccccc1C(=O)O. The Kier molecular flexibility index (Phi) is 6.46. The number of carbonyl (C=O) groups is 4. The predicted molar refractivity (Wildman–Crippen MR) is 108 cm³/mol. The van der Waals surface area contributed by atoms with Gasteiger partial charge in [0, 0.05) is 12.1 Å². The maximum absolute atomic E-state index is 12.7. The van der Waals surface area contributed by atoms with Crippen LogP contribution in [0.3, 0.4) is 0 Å². The Morgan fingerprint density at radius 2 is 0.967 bits per heavy atom. The summed E-state index contributed by atoms with van der Waals surface area (Å²) >= 11 is 0. The number of carboxylic acid groups (broad SMARTS) is 2. The Morgan fingerprint density at radius 3 is 1.30 bits per heavy atom. The van der Waals surface area contributed by atoms with Crippen LogP contribution in [0.1, 0.15) is 67.1 Å². The molecule has 0 bridgehead atoms. The van der Waals surface area contributed by atoms with Gasteiger partial charge in [0.25, 0.3) is 11.8 Å². The number of hydrogen-bond donors (Lipinski definition) is 4. The molecular weight excluding hydrogens is 388 g/mol. The zero-order valence-corrected chi connectivity index (χ0v) is 16.1. The molecule has 2 amide bonds. The summed E-state index contributed by atoms with van der Waals surface area (Å²) in [4.78, 5) is 48.2. The number of benzene rings is 2. The molecule has 0 unspecified atom stereocenters. The summed E-state index contributed by atoms with van der Waals surface area (Å²) in [5.41, 5.74) is -0.0858. The van der Waals surface area contributed by atoms with E-state index in [2.05, 4.69) is 10.6 Å². The lowest BCUT2D eigenvalue weighted by Gasteiger charge is -2.33. The Hall–Kier alpha value is -3.68. The number of amides is 2. The third-order valence-corrected chi connectivity index (χ3v) is 5.20. The van der Waals surface area contributed by atoms with Gasteiger partial charge in [0.1, 0.15) is 0 Å².